The Kier molecular flexibility index (Phi) is 5.07. The second kappa shape index (κ2) is 5.84. The maximum Gasteiger partial charge on any atom is 0.0613 e. The summed E-state index contributed by atoms with van der Waals surface area (Å²) in [7, 11) is 1.73. The Hall–Kier alpha value is 0.210. The largest absolute Gasteiger partial charge is 0.383 e. The van der Waals surface area contributed by atoms with Gasteiger partial charge >= 0.3 is 0 Å². The molecule has 0 radical (unpaired) electrons. The van der Waals surface area contributed by atoms with Crippen molar-refractivity contribution in [2.45, 2.75) is 50.1 Å². The molecule has 1 N–H and O–H groups in total. The highest BCUT2D eigenvalue weighted by Gasteiger charge is 2.23. The van der Waals surface area contributed by atoms with Crippen LogP contribution in [0.4, 0.5) is 0 Å². The second-order valence-electron chi connectivity index (χ2n) is 3.93. The van der Waals surface area contributed by atoms with Crippen LogP contribution < -0.4 is 5.32 Å². The molecule has 0 aliphatic heterocycles. The fourth-order valence-corrected chi connectivity index (χ4v) is 2.29. The molecule has 1 fully saturated rings. The zero-order chi connectivity index (χ0) is 9.68. The first-order valence-corrected chi connectivity index (χ1v) is 5.56. The van der Waals surface area contributed by atoms with Crippen LogP contribution in [0.1, 0.15) is 32.6 Å². The Labute approximate surface area is 86.0 Å². The van der Waals surface area contributed by atoms with Crippen LogP contribution in [0.25, 0.3) is 0 Å². The lowest BCUT2D eigenvalue weighted by molar-refractivity contribution is 0.162. The molecule has 78 valence electrons. The molecule has 0 bridgehead atoms. The maximum atomic E-state index is 6.22. The van der Waals surface area contributed by atoms with Crippen LogP contribution in [0.2, 0.25) is 0 Å². The first-order valence-electron chi connectivity index (χ1n) is 5.13. The smallest absolute Gasteiger partial charge is 0.0613 e. The lowest BCUT2D eigenvalue weighted by Gasteiger charge is -2.30. The molecule has 1 aliphatic rings. The molecule has 0 heterocycles. The minimum Gasteiger partial charge on any atom is -0.383 e. The Morgan fingerprint density at radius 2 is 2.15 bits per heavy atom. The molecule has 0 aromatic rings. The van der Waals surface area contributed by atoms with Crippen molar-refractivity contribution in [1.82, 2.24) is 5.32 Å². The highest BCUT2D eigenvalue weighted by molar-refractivity contribution is 6.21. The first kappa shape index (κ1) is 11.3. The van der Waals surface area contributed by atoms with Gasteiger partial charge in [-0.15, -0.1) is 11.6 Å². The third kappa shape index (κ3) is 3.84. The van der Waals surface area contributed by atoms with E-state index in [1.54, 1.807) is 7.11 Å². The van der Waals surface area contributed by atoms with Gasteiger partial charge in [-0.25, -0.2) is 0 Å². The van der Waals surface area contributed by atoms with Crippen LogP contribution in [-0.2, 0) is 4.74 Å². The van der Waals surface area contributed by atoms with Crippen molar-refractivity contribution in [3.63, 3.8) is 0 Å². The van der Waals surface area contributed by atoms with Crippen molar-refractivity contribution in [2.75, 3.05) is 13.7 Å². The number of nitrogens with one attached hydrogen (secondary N) is 1. The summed E-state index contributed by atoms with van der Waals surface area (Å²) in [5, 5.41) is 3.83. The number of alkyl halides is 1. The van der Waals surface area contributed by atoms with Gasteiger partial charge in [0.15, 0.2) is 0 Å². The van der Waals surface area contributed by atoms with Crippen LogP contribution in [0.5, 0.6) is 0 Å². The quantitative estimate of drug-likeness (QED) is 0.711. The molecule has 3 unspecified atom stereocenters. The average molecular weight is 206 g/mol. The van der Waals surface area contributed by atoms with E-state index in [2.05, 4.69) is 12.2 Å². The molecule has 0 saturated heterocycles. The van der Waals surface area contributed by atoms with E-state index in [4.69, 9.17) is 16.3 Å². The van der Waals surface area contributed by atoms with Crippen LogP contribution in [0.3, 0.4) is 0 Å². The Balaban J connectivity index is 2.25. The highest BCUT2D eigenvalue weighted by atomic mass is 35.5. The van der Waals surface area contributed by atoms with Crippen molar-refractivity contribution in [2.24, 2.45) is 0 Å². The minimum absolute atomic E-state index is 0.313. The van der Waals surface area contributed by atoms with Gasteiger partial charge in [0, 0.05) is 24.6 Å². The molecule has 0 aromatic heterocycles. The van der Waals surface area contributed by atoms with E-state index >= 15 is 0 Å². The van der Waals surface area contributed by atoms with Crippen LogP contribution >= 0.6 is 11.6 Å². The third-order valence-electron chi connectivity index (χ3n) is 2.60. The monoisotopic (exact) mass is 205 g/mol. The molecular formula is C10H20ClNO. The van der Waals surface area contributed by atoms with Gasteiger partial charge in [0.25, 0.3) is 0 Å². The van der Waals surface area contributed by atoms with E-state index in [1.807, 2.05) is 0 Å². The molecule has 0 spiro atoms. The maximum absolute atomic E-state index is 6.22. The van der Waals surface area contributed by atoms with Gasteiger partial charge < -0.3 is 10.1 Å². The number of hydrogen-bond donors (Lipinski definition) is 1. The number of ether oxygens (including phenoxy) is 1. The van der Waals surface area contributed by atoms with Crippen molar-refractivity contribution >= 4 is 11.6 Å². The third-order valence-corrected chi connectivity index (χ3v) is 3.12. The predicted molar refractivity (Wildman–Crippen MR) is 56.4 cm³/mol. The molecule has 2 nitrogen and oxygen atoms in total. The Morgan fingerprint density at radius 1 is 1.46 bits per heavy atom. The molecule has 1 saturated carbocycles. The second-order valence-corrected chi connectivity index (χ2v) is 4.49. The van der Waals surface area contributed by atoms with Crippen molar-refractivity contribution in [3.05, 3.63) is 0 Å². The van der Waals surface area contributed by atoms with Crippen molar-refractivity contribution in [1.29, 1.82) is 0 Å². The number of methoxy groups -OCH3 is 1. The molecule has 3 atom stereocenters. The highest BCUT2D eigenvalue weighted by Crippen LogP contribution is 2.23. The van der Waals surface area contributed by atoms with Crippen LogP contribution in [-0.4, -0.2) is 31.2 Å². The zero-order valence-corrected chi connectivity index (χ0v) is 9.31. The normalized spacial score (nSPS) is 31.6. The number of halogens is 1. The van der Waals surface area contributed by atoms with Crippen molar-refractivity contribution in [3.8, 4) is 0 Å². The lowest BCUT2D eigenvalue weighted by atomic mass is 9.94. The first-order chi connectivity index (χ1) is 6.24. The van der Waals surface area contributed by atoms with Gasteiger partial charge in [0.2, 0.25) is 0 Å². The predicted octanol–water partition coefficient (Wildman–Crippen LogP) is 2.16. The van der Waals surface area contributed by atoms with E-state index in [1.165, 1.54) is 19.3 Å². The van der Waals surface area contributed by atoms with Gasteiger partial charge in [-0.1, -0.05) is 12.8 Å². The van der Waals surface area contributed by atoms with E-state index < -0.39 is 0 Å². The van der Waals surface area contributed by atoms with Gasteiger partial charge in [-0.3, -0.25) is 0 Å². The molecular weight excluding hydrogens is 186 g/mol. The summed E-state index contributed by atoms with van der Waals surface area (Å²) in [6.45, 7) is 2.90. The summed E-state index contributed by atoms with van der Waals surface area (Å²) < 4.78 is 5.07. The summed E-state index contributed by atoms with van der Waals surface area (Å²) in [5.41, 5.74) is 0. The number of rotatable bonds is 4. The van der Waals surface area contributed by atoms with Gasteiger partial charge in [-0.05, 0) is 19.8 Å². The van der Waals surface area contributed by atoms with Crippen LogP contribution in [0, 0.1) is 0 Å². The van der Waals surface area contributed by atoms with Crippen molar-refractivity contribution < 1.29 is 4.74 Å². The van der Waals surface area contributed by atoms with Gasteiger partial charge in [0.05, 0.1) is 6.61 Å². The molecule has 3 heteroatoms. The molecule has 0 aromatic carbocycles. The topological polar surface area (TPSA) is 21.3 Å². The van der Waals surface area contributed by atoms with E-state index in [-0.39, 0.29) is 0 Å². The van der Waals surface area contributed by atoms with E-state index in [9.17, 15) is 0 Å². The fraction of sp³-hybridized carbons (Fsp3) is 1.00. The van der Waals surface area contributed by atoms with Gasteiger partial charge in [0.1, 0.15) is 0 Å². The van der Waals surface area contributed by atoms with E-state index in [0.717, 1.165) is 13.0 Å². The zero-order valence-electron chi connectivity index (χ0n) is 8.55. The SMILES string of the molecule is COCC(C)NC1CCCCC1Cl. The summed E-state index contributed by atoms with van der Waals surface area (Å²) in [4.78, 5) is 0. The Morgan fingerprint density at radius 3 is 2.77 bits per heavy atom. The molecule has 1 aliphatic carbocycles. The lowest BCUT2D eigenvalue weighted by Crippen LogP contribution is -2.45. The summed E-state index contributed by atoms with van der Waals surface area (Å²) in [6.07, 6.45) is 4.95. The summed E-state index contributed by atoms with van der Waals surface area (Å²) >= 11 is 6.22. The average Bonchev–Trinajstić information content (AvgIpc) is 2.09. The van der Waals surface area contributed by atoms with Gasteiger partial charge in [-0.2, -0.15) is 0 Å². The fourth-order valence-electron chi connectivity index (χ4n) is 1.94. The molecule has 1 rings (SSSR count). The standard InChI is InChI=1S/C10H20ClNO/c1-8(7-13-2)12-10-6-4-3-5-9(10)11/h8-10,12H,3-7H2,1-2H3. The summed E-state index contributed by atoms with van der Waals surface area (Å²) in [5.74, 6) is 0. The minimum atomic E-state index is 0.313. The molecule has 13 heavy (non-hydrogen) atoms. The summed E-state index contributed by atoms with van der Waals surface area (Å²) in [6, 6.07) is 0.898. The number of hydrogen-bond acceptors (Lipinski definition) is 2. The van der Waals surface area contributed by atoms with E-state index in [0.29, 0.717) is 17.5 Å². The molecule has 0 amide bonds. The Bertz CT molecular complexity index is 143. The van der Waals surface area contributed by atoms with Crippen LogP contribution in [0.15, 0.2) is 0 Å².